The summed E-state index contributed by atoms with van der Waals surface area (Å²) < 4.78 is 10.6. The Bertz CT molecular complexity index is 1570. The smallest absolute Gasteiger partial charge is 0.341 e. The first-order valence-electron chi connectivity index (χ1n) is 14.7. The van der Waals surface area contributed by atoms with Crippen molar-refractivity contribution in [2.75, 3.05) is 20.3 Å². The summed E-state index contributed by atoms with van der Waals surface area (Å²) in [4.78, 5) is 68.7. The molecule has 4 N–H and O–H groups in total. The van der Waals surface area contributed by atoms with Crippen LogP contribution in [0.4, 0.5) is 0 Å². The molecule has 13 heteroatoms. The molecule has 3 atom stereocenters. The van der Waals surface area contributed by atoms with Crippen LogP contribution in [0.25, 0.3) is 10.9 Å². The minimum absolute atomic E-state index is 0.00320. The first kappa shape index (κ1) is 33.8. The summed E-state index contributed by atoms with van der Waals surface area (Å²) in [6.45, 7) is 3.62. The Hall–Kier alpha value is -4.09. The summed E-state index contributed by atoms with van der Waals surface area (Å²) in [5.41, 5.74) is 0.830. The standard InChI is InChI=1S/C32H36Cl2N4O7/c1-17(2)13-24(38-31(42)25-15-19-22(36-25)10-5-11-27(19)44-3)30(41)37-23(14-18-7-6-12-35-29(18)40)26(39)16-45-32(43)28-20(33)8-4-9-21(28)34/h4-5,8-11,15,17-18,23-24,36H,6-7,12-14,16H2,1-3H3,(H,35,40)(H,37,41)(H,38,42)/t18-,23-,24-/m0/s1. The SMILES string of the molecule is COc1cccc2[nH]c(C(=O)N[C@@H](CC(C)C)C(=O)N[C@@H](C[C@@H]3CCCNC3=O)C(=O)COC(=O)c3c(Cl)cccc3Cl)cc12. The van der Waals surface area contributed by atoms with Crippen molar-refractivity contribution < 1.29 is 33.4 Å². The highest BCUT2D eigenvalue weighted by atomic mass is 35.5. The predicted molar refractivity (Wildman–Crippen MR) is 170 cm³/mol. The minimum atomic E-state index is -1.18. The molecule has 0 spiro atoms. The van der Waals surface area contributed by atoms with Crippen LogP contribution in [-0.2, 0) is 19.1 Å². The van der Waals surface area contributed by atoms with Crippen LogP contribution >= 0.6 is 23.2 Å². The van der Waals surface area contributed by atoms with Gasteiger partial charge in [-0.05, 0) is 61.9 Å². The van der Waals surface area contributed by atoms with Gasteiger partial charge in [0, 0.05) is 23.4 Å². The van der Waals surface area contributed by atoms with Gasteiger partial charge in [0.15, 0.2) is 12.4 Å². The summed E-state index contributed by atoms with van der Waals surface area (Å²) in [5, 5.41) is 9.10. The maximum Gasteiger partial charge on any atom is 0.341 e. The number of rotatable bonds is 13. The highest BCUT2D eigenvalue weighted by Crippen LogP contribution is 2.27. The number of ether oxygens (including phenoxy) is 2. The zero-order valence-corrected chi connectivity index (χ0v) is 26.7. The Balaban J connectivity index is 1.51. The number of esters is 1. The van der Waals surface area contributed by atoms with Crippen LogP contribution < -0.4 is 20.7 Å². The van der Waals surface area contributed by atoms with Gasteiger partial charge < -0.3 is 30.4 Å². The quantitative estimate of drug-likeness (QED) is 0.198. The van der Waals surface area contributed by atoms with Gasteiger partial charge in [0.2, 0.25) is 11.8 Å². The average molecular weight is 660 g/mol. The van der Waals surface area contributed by atoms with E-state index in [1.54, 1.807) is 30.3 Å². The molecule has 240 valence electrons. The van der Waals surface area contributed by atoms with Crippen molar-refractivity contribution in [2.45, 2.75) is 51.6 Å². The number of carbonyl (C=O) groups excluding carboxylic acids is 5. The molecule has 1 aliphatic heterocycles. The third kappa shape index (κ3) is 8.55. The summed E-state index contributed by atoms with van der Waals surface area (Å²) in [6, 6.07) is 9.32. The lowest BCUT2D eigenvalue weighted by molar-refractivity contribution is -0.133. The number of halogens is 2. The number of aromatic nitrogens is 1. The number of ketones is 1. The number of piperidine rings is 1. The van der Waals surface area contributed by atoms with E-state index >= 15 is 0 Å². The number of Topliss-reactive ketones (excluding diaryl/α,β-unsaturated/α-hetero) is 1. The molecule has 0 unspecified atom stereocenters. The Morgan fingerprint density at radius 3 is 2.40 bits per heavy atom. The molecule has 3 amide bonds. The van der Waals surface area contributed by atoms with Crippen molar-refractivity contribution in [1.29, 1.82) is 0 Å². The maximum atomic E-state index is 13.7. The second-order valence-electron chi connectivity index (χ2n) is 11.3. The van der Waals surface area contributed by atoms with E-state index in [0.29, 0.717) is 36.0 Å². The van der Waals surface area contributed by atoms with Gasteiger partial charge in [-0.3, -0.25) is 19.2 Å². The van der Waals surface area contributed by atoms with E-state index in [1.807, 2.05) is 13.8 Å². The predicted octanol–water partition coefficient (Wildman–Crippen LogP) is 4.46. The van der Waals surface area contributed by atoms with Gasteiger partial charge in [-0.15, -0.1) is 0 Å². The monoisotopic (exact) mass is 658 g/mol. The third-order valence-corrected chi connectivity index (χ3v) is 8.18. The molecule has 2 heterocycles. The summed E-state index contributed by atoms with van der Waals surface area (Å²) in [6.07, 6.45) is 1.50. The van der Waals surface area contributed by atoms with Crippen molar-refractivity contribution in [3.05, 3.63) is 63.8 Å². The number of nitrogens with one attached hydrogen (secondary N) is 4. The lowest BCUT2D eigenvalue weighted by atomic mass is 9.90. The van der Waals surface area contributed by atoms with Crippen molar-refractivity contribution in [3.63, 3.8) is 0 Å². The molecule has 1 saturated heterocycles. The average Bonchev–Trinajstić information content (AvgIpc) is 3.45. The molecule has 1 fully saturated rings. The number of aromatic amines is 1. The van der Waals surface area contributed by atoms with Crippen LogP contribution in [0.2, 0.25) is 10.0 Å². The first-order chi connectivity index (χ1) is 21.5. The molecule has 45 heavy (non-hydrogen) atoms. The molecule has 0 aliphatic carbocycles. The molecule has 1 aliphatic rings. The fourth-order valence-corrected chi connectivity index (χ4v) is 5.81. The van der Waals surface area contributed by atoms with E-state index in [4.69, 9.17) is 32.7 Å². The number of hydrogen-bond acceptors (Lipinski definition) is 7. The summed E-state index contributed by atoms with van der Waals surface area (Å²) in [7, 11) is 1.53. The van der Waals surface area contributed by atoms with E-state index in [2.05, 4.69) is 20.9 Å². The zero-order valence-electron chi connectivity index (χ0n) is 25.2. The second-order valence-corrected chi connectivity index (χ2v) is 12.1. The highest BCUT2D eigenvalue weighted by Gasteiger charge is 2.33. The summed E-state index contributed by atoms with van der Waals surface area (Å²) in [5.74, 6) is -2.84. The fraction of sp³-hybridized carbons (Fsp3) is 0.406. The van der Waals surface area contributed by atoms with E-state index in [0.717, 1.165) is 0 Å². The maximum absolute atomic E-state index is 13.7. The molecule has 11 nitrogen and oxygen atoms in total. The Morgan fingerprint density at radius 2 is 1.73 bits per heavy atom. The topological polar surface area (TPSA) is 156 Å². The fourth-order valence-electron chi connectivity index (χ4n) is 5.26. The van der Waals surface area contributed by atoms with Crippen LogP contribution in [0.1, 0.15) is 60.4 Å². The van der Waals surface area contributed by atoms with Gasteiger partial charge in [0.25, 0.3) is 5.91 Å². The Kier molecular flexibility index (Phi) is 11.5. The zero-order chi connectivity index (χ0) is 32.7. The highest BCUT2D eigenvalue weighted by molar-refractivity contribution is 6.39. The molecule has 4 rings (SSSR count). The number of H-pyrrole nitrogens is 1. The second kappa shape index (κ2) is 15.3. The molecule has 0 radical (unpaired) electrons. The molecular weight excluding hydrogens is 623 g/mol. The van der Waals surface area contributed by atoms with E-state index in [-0.39, 0.29) is 46.0 Å². The van der Waals surface area contributed by atoms with Crippen LogP contribution in [0.5, 0.6) is 5.75 Å². The Morgan fingerprint density at radius 1 is 1.02 bits per heavy atom. The van der Waals surface area contributed by atoms with Gasteiger partial charge in [-0.1, -0.05) is 49.2 Å². The number of methoxy groups -OCH3 is 1. The molecule has 2 aromatic carbocycles. The van der Waals surface area contributed by atoms with Crippen LogP contribution in [0.3, 0.4) is 0 Å². The van der Waals surface area contributed by atoms with Crippen LogP contribution in [-0.4, -0.2) is 66.8 Å². The molecule has 0 saturated carbocycles. The largest absolute Gasteiger partial charge is 0.496 e. The molecular formula is C32H36Cl2N4O7. The van der Waals surface area contributed by atoms with Crippen molar-refractivity contribution in [3.8, 4) is 5.75 Å². The number of carbonyl (C=O) groups is 5. The van der Waals surface area contributed by atoms with Gasteiger partial charge in [-0.25, -0.2) is 4.79 Å². The third-order valence-electron chi connectivity index (χ3n) is 7.55. The van der Waals surface area contributed by atoms with E-state index in [9.17, 15) is 24.0 Å². The lowest BCUT2D eigenvalue weighted by Crippen LogP contribution is -2.54. The number of hydrogen-bond donors (Lipinski definition) is 4. The van der Waals surface area contributed by atoms with Crippen molar-refractivity contribution in [1.82, 2.24) is 20.9 Å². The van der Waals surface area contributed by atoms with Crippen LogP contribution in [0.15, 0.2) is 42.5 Å². The van der Waals surface area contributed by atoms with Crippen molar-refractivity contribution in [2.24, 2.45) is 11.8 Å². The van der Waals surface area contributed by atoms with Gasteiger partial charge >= 0.3 is 5.97 Å². The van der Waals surface area contributed by atoms with E-state index < -0.39 is 48.2 Å². The van der Waals surface area contributed by atoms with Gasteiger partial charge in [0.05, 0.1) is 28.8 Å². The first-order valence-corrected chi connectivity index (χ1v) is 15.4. The Labute approximate surface area is 270 Å². The number of fused-ring (bicyclic) bond motifs is 1. The van der Waals surface area contributed by atoms with Gasteiger partial charge in [-0.2, -0.15) is 0 Å². The van der Waals surface area contributed by atoms with Crippen LogP contribution in [0, 0.1) is 11.8 Å². The van der Waals surface area contributed by atoms with Crippen molar-refractivity contribution >= 4 is 63.6 Å². The molecule has 3 aromatic rings. The number of amides is 3. The van der Waals surface area contributed by atoms with Gasteiger partial charge in [0.1, 0.15) is 17.5 Å². The normalized spacial score (nSPS) is 16.0. The minimum Gasteiger partial charge on any atom is -0.496 e. The van der Waals surface area contributed by atoms with E-state index in [1.165, 1.54) is 19.2 Å². The summed E-state index contributed by atoms with van der Waals surface area (Å²) >= 11 is 12.2. The molecule has 0 bridgehead atoms. The molecule has 1 aromatic heterocycles. The number of benzene rings is 2. The lowest BCUT2D eigenvalue weighted by Gasteiger charge is -2.28.